The van der Waals surface area contributed by atoms with E-state index in [9.17, 15) is 4.91 Å². The predicted molar refractivity (Wildman–Crippen MR) is 87.3 cm³/mol. The van der Waals surface area contributed by atoms with E-state index in [1.165, 1.54) is 24.3 Å². The van der Waals surface area contributed by atoms with Crippen LogP contribution in [-0.2, 0) is 0 Å². The summed E-state index contributed by atoms with van der Waals surface area (Å²) in [6, 6.07) is 0. The Morgan fingerprint density at radius 1 is 1.32 bits per heavy atom. The van der Waals surface area contributed by atoms with Crippen molar-refractivity contribution in [1.82, 2.24) is 15.3 Å². The van der Waals surface area contributed by atoms with Crippen molar-refractivity contribution < 1.29 is 0 Å². The summed E-state index contributed by atoms with van der Waals surface area (Å²) in [5, 5.41) is 7.86. The Bertz CT molecular complexity index is 546. The van der Waals surface area contributed by atoms with Crippen LogP contribution in [0.15, 0.2) is 10.3 Å². The molecule has 3 rings (SSSR count). The molecule has 0 saturated heterocycles. The molecule has 2 N–H and O–H groups in total. The molecule has 0 amide bonds. The fourth-order valence-corrected chi connectivity index (χ4v) is 3.27. The van der Waals surface area contributed by atoms with Gasteiger partial charge in [0.1, 0.15) is 17.4 Å². The molecule has 0 radical (unpaired) electrons. The van der Waals surface area contributed by atoms with Crippen molar-refractivity contribution in [3.63, 3.8) is 0 Å². The van der Waals surface area contributed by atoms with Crippen LogP contribution >= 0.6 is 0 Å². The highest BCUT2D eigenvalue weighted by Crippen LogP contribution is 2.33. The summed E-state index contributed by atoms with van der Waals surface area (Å²) in [5.74, 6) is 2.85. The van der Waals surface area contributed by atoms with E-state index in [0.29, 0.717) is 18.3 Å². The number of hydrogen-bond donors (Lipinski definition) is 2. The van der Waals surface area contributed by atoms with Gasteiger partial charge in [0.25, 0.3) is 0 Å². The molecule has 1 aromatic heterocycles. The third kappa shape index (κ3) is 2.98. The zero-order valence-corrected chi connectivity index (χ0v) is 13.1. The quantitative estimate of drug-likeness (QED) is 0.625. The normalized spacial score (nSPS) is 18.9. The maximum Gasteiger partial charge on any atom is 0.181 e. The number of aromatic amines is 1. The van der Waals surface area contributed by atoms with Crippen LogP contribution in [0.2, 0.25) is 0 Å². The van der Waals surface area contributed by atoms with Crippen molar-refractivity contribution in [2.75, 3.05) is 24.6 Å². The molecule has 2 aliphatic rings. The number of hydrogen-bond acceptors (Lipinski definition) is 5. The number of nitroso groups, excluding NO2 is 1. The molecular formula is C15H24N6O. The Morgan fingerprint density at radius 3 is 2.77 bits per heavy atom. The van der Waals surface area contributed by atoms with E-state index in [1.54, 1.807) is 0 Å². The van der Waals surface area contributed by atoms with E-state index < -0.39 is 0 Å². The Morgan fingerprint density at radius 2 is 2.14 bits per heavy atom. The second-order valence-corrected chi connectivity index (χ2v) is 6.02. The molecule has 1 fully saturated rings. The highest BCUT2D eigenvalue weighted by molar-refractivity contribution is 6.02. The third-order valence-electron chi connectivity index (χ3n) is 4.38. The molecule has 2 heterocycles. The Balaban J connectivity index is 1.94. The Labute approximate surface area is 130 Å². The van der Waals surface area contributed by atoms with Gasteiger partial charge in [0.2, 0.25) is 0 Å². The zero-order valence-electron chi connectivity index (χ0n) is 13.1. The van der Waals surface area contributed by atoms with Gasteiger partial charge >= 0.3 is 0 Å². The van der Waals surface area contributed by atoms with Gasteiger partial charge in [-0.2, -0.15) is 0 Å². The van der Waals surface area contributed by atoms with Gasteiger partial charge in [-0.15, -0.1) is 4.91 Å². The molecule has 1 saturated carbocycles. The van der Waals surface area contributed by atoms with E-state index in [1.807, 2.05) is 6.92 Å². The van der Waals surface area contributed by atoms with E-state index in [-0.39, 0.29) is 0 Å². The monoisotopic (exact) mass is 304 g/mol. The zero-order chi connectivity index (χ0) is 15.4. The van der Waals surface area contributed by atoms with Crippen LogP contribution in [0.4, 0.5) is 5.82 Å². The third-order valence-corrected chi connectivity index (χ3v) is 4.38. The van der Waals surface area contributed by atoms with Crippen molar-refractivity contribution >= 4 is 11.7 Å². The van der Waals surface area contributed by atoms with Gasteiger partial charge < -0.3 is 10.3 Å². The Kier molecular flexibility index (Phi) is 4.70. The molecule has 7 heteroatoms. The summed E-state index contributed by atoms with van der Waals surface area (Å²) in [4.78, 5) is 23.8. The maximum absolute atomic E-state index is 11.2. The first kappa shape index (κ1) is 15.0. The van der Waals surface area contributed by atoms with E-state index in [0.717, 1.165) is 49.7 Å². The number of imidazole rings is 1. The topological polar surface area (TPSA) is 85.7 Å². The van der Waals surface area contributed by atoms with Crippen LogP contribution in [0.5, 0.6) is 0 Å². The summed E-state index contributed by atoms with van der Waals surface area (Å²) in [5.41, 5.74) is 0.811. The molecule has 1 aliphatic carbocycles. The fourth-order valence-electron chi connectivity index (χ4n) is 3.27. The lowest BCUT2D eigenvalue weighted by molar-refractivity contribution is 0.430. The standard InChI is InChI=1S/C15H24N6O/c1-2-10-21(20-22)15-12(14-16-8-9-17-14)18-13(19-15)11-6-4-3-5-7-11/h11H,2-10H2,1H3,(H,16,17)(H,18,19). The molecule has 0 spiro atoms. The number of rotatable bonds is 6. The molecule has 22 heavy (non-hydrogen) atoms. The van der Waals surface area contributed by atoms with E-state index >= 15 is 0 Å². The van der Waals surface area contributed by atoms with Crippen LogP contribution in [0, 0.1) is 4.91 Å². The minimum Gasteiger partial charge on any atom is -0.367 e. The average molecular weight is 304 g/mol. The summed E-state index contributed by atoms with van der Waals surface area (Å²) >= 11 is 0. The van der Waals surface area contributed by atoms with Crippen molar-refractivity contribution in [3.8, 4) is 0 Å². The second kappa shape index (κ2) is 6.89. The molecule has 1 aromatic rings. The summed E-state index contributed by atoms with van der Waals surface area (Å²) in [6.07, 6.45) is 6.97. The van der Waals surface area contributed by atoms with Crippen LogP contribution < -0.4 is 10.3 Å². The van der Waals surface area contributed by atoms with Gasteiger partial charge in [0, 0.05) is 19.0 Å². The largest absolute Gasteiger partial charge is 0.367 e. The number of amidine groups is 1. The van der Waals surface area contributed by atoms with E-state index in [2.05, 4.69) is 20.6 Å². The van der Waals surface area contributed by atoms with Crippen molar-refractivity contribution in [1.29, 1.82) is 0 Å². The van der Waals surface area contributed by atoms with Crippen LogP contribution in [0.25, 0.3) is 0 Å². The minimum absolute atomic E-state index is 0.457. The van der Waals surface area contributed by atoms with Gasteiger partial charge in [0.15, 0.2) is 5.82 Å². The molecule has 0 atom stereocenters. The van der Waals surface area contributed by atoms with Gasteiger partial charge in [-0.25, -0.2) is 9.99 Å². The first-order valence-electron chi connectivity index (χ1n) is 8.33. The molecule has 1 aliphatic heterocycles. The first-order chi connectivity index (χ1) is 10.8. The number of anilines is 1. The second-order valence-electron chi connectivity index (χ2n) is 6.02. The highest BCUT2D eigenvalue weighted by Gasteiger charge is 2.26. The minimum atomic E-state index is 0.457. The van der Waals surface area contributed by atoms with Crippen LogP contribution in [-0.4, -0.2) is 35.4 Å². The van der Waals surface area contributed by atoms with Gasteiger partial charge in [0.05, 0.1) is 11.8 Å². The fraction of sp³-hybridized carbons (Fsp3) is 0.733. The lowest BCUT2D eigenvalue weighted by atomic mass is 9.89. The average Bonchev–Trinajstić information content (AvgIpc) is 3.22. The van der Waals surface area contributed by atoms with E-state index in [4.69, 9.17) is 4.98 Å². The number of nitrogens with zero attached hydrogens (tertiary/aromatic N) is 4. The predicted octanol–water partition coefficient (Wildman–Crippen LogP) is 2.71. The molecule has 120 valence electrons. The molecule has 0 unspecified atom stereocenters. The molecule has 0 bridgehead atoms. The number of nitrogens with one attached hydrogen (secondary N) is 2. The lowest BCUT2D eigenvalue weighted by Gasteiger charge is -2.19. The van der Waals surface area contributed by atoms with Crippen LogP contribution in [0.1, 0.15) is 62.9 Å². The SMILES string of the molecule is CCCN(N=O)c1nc(C2CCCCC2)[nH]c1C1=NCCN1. The van der Waals surface area contributed by atoms with Gasteiger partial charge in [-0.1, -0.05) is 26.2 Å². The summed E-state index contributed by atoms with van der Waals surface area (Å²) < 4.78 is 0. The van der Waals surface area contributed by atoms with Crippen molar-refractivity contribution in [3.05, 3.63) is 16.4 Å². The van der Waals surface area contributed by atoms with Crippen molar-refractivity contribution in [2.45, 2.75) is 51.4 Å². The number of H-pyrrole nitrogens is 1. The molecule has 7 nitrogen and oxygen atoms in total. The van der Waals surface area contributed by atoms with Crippen LogP contribution in [0.3, 0.4) is 0 Å². The smallest absolute Gasteiger partial charge is 0.181 e. The van der Waals surface area contributed by atoms with Crippen molar-refractivity contribution in [2.24, 2.45) is 10.3 Å². The Hall–Kier alpha value is -1.92. The summed E-state index contributed by atoms with van der Waals surface area (Å²) in [7, 11) is 0. The highest BCUT2D eigenvalue weighted by atomic mass is 16.3. The number of aromatic nitrogens is 2. The van der Waals surface area contributed by atoms with Gasteiger partial charge in [-0.3, -0.25) is 4.99 Å². The molecule has 0 aromatic carbocycles. The number of aliphatic imine (C=N–C) groups is 1. The lowest BCUT2D eigenvalue weighted by Crippen LogP contribution is -2.24. The van der Waals surface area contributed by atoms with Gasteiger partial charge in [-0.05, 0) is 19.3 Å². The first-order valence-corrected chi connectivity index (χ1v) is 8.33. The maximum atomic E-state index is 11.2. The summed E-state index contributed by atoms with van der Waals surface area (Å²) in [6.45, 7) is 4.18. The molecular weight excluding hydrogens is 280 g/mol.